The second-order valence-corrected chi connectivity index (χ2v) is 8.42. The van der Waals surface area contributed by atoms with Crippen LogP contribution in [0, 0.1) is 0 Å². The second kappa shape index (κ2) is 12.3. The Labute approximate surface area is 207 Å². The number of carbonyl (C=O) groups is 1. The number of aromatic nitrogens is 2. The number of rotatable bonds is 9. The Morgan fingerprint density at radius 2 is 1.94 bits per heavy atom. The zero-order valence-electron chi connectivity index (χ0n) is 19.0. The molecule has 0 saturated carbocycles. The fourth-order valence-corrected chi connectivity index (χ4v) is 3.67. The van der Waals surface area contributed by atoms with Gasteiger partial charge in [0.2, 0.25) is 11.3 Å². The topological polar surface area (TPSA) is 116 Å². The van der Waals surface area contributed by atoms with Crippen molar-refractivity contribution < 1.29 is 28.6 Å². The third-order valence-corrected chi connectivity index (χ3v) is 5.61. The molecule has 1 fully saturated rings. The van der Waals surface area contributed by atoms with Crippen LogP contribution in [0.3, 0.4) is 0 Å². The smallest absolute Gasteiger partial charge is 0.322 e. The highest BCUT2D eigenvalue weighted by atomic mass is 35.5. The molecule has 1 aromatic heterocycles. The number of anilines is 1. The SMILES string of the molecule is O=C(CN1CCOCC1)OCC(Cc1ccccc1)[n+]1cc(N=C([O-])Nc2ccc(Cl)cc2)on1. The van der Waals surface area contributed by atoms with E-state index in [1.807, 2.05) is 35.2 Å². The number of hydrogen-bond acceptors (Lipinski definition) is 8. The minimum atomic E-state index is -0.618. The Morgan fingerprint density at radius 3 is 2.69 bits per heavy atom. The van der Waals surface area contributed by atoms with Crippen molar-refractivity contribution in [1.29, 1.82) is 0 Å². The number of nitrogens with zero attached hydrogens (tertiary/aromatic N) is 4. The van der Waals surface area contributed by atoms with Crippen molar-refractivity contribution in [3.63, 3.8) is 0 Å². The van der Waals surface area contributed by atoms with Crippen LogP contribution in [0.15, 0.2) is 70.3 Å². The summed E-state index contributed by atoms with van der Waals surface area (Å²) < 4.78 is 17.6. The first-order valence-corrected chi connectivity index (χ1v) is 11.6. The van der Waals surface area contributed by atoms with Crippen LogP contribution in [0.5, 0.6) is 0 Å². The molecule has 0 radical (unpaired) electrons. The first-order chi connectivity index (χ1) is 17.0. The Morgan fingerprint density at radius 1 is 1.20 bits per heavy atom. The summed E-state index contributed by atoms with van der Waals surface area (Å²) in [6.45, 7) is 2.91. The molecule has 4 rings (SSSR count). The lowest BCUT2D eigenvalue weighted by molar-refractivity contribution is -0.785. The van der Waals surface area contributed by atoms with Crippen molar-refractivity contribution in [1.82, 2.24) is 10.2 Å². The quantitative estimate of drug-likeness (QED) is 0.205. The predicted octanol–water partition coefficient (Wildman–Crippen LogP) is 1.73. The van der Waals surface area contributed by atoms with Crippen molar-refractivity contribution in [2.75, 3.05) is 44.8 Å². The molecule has 1 aliphatic rings. The van der Waals surface area contributed by atoms with Crippen molar-refractivity contribution in [2.45, 2.75) is 12.5 Å². The number of esters is 1. The Balaban J connectivity index is 1.41. The highest BCUT2D eigenvalue weighted by molar-refractivity contribution is 6.30. The summed E-state index contributed by atoms with van der Waals surface area (Å²) in [5.41, 5.74) is 1.58. The number of carbonyl (C=O) groups excluding carboxylic acids is 1. The third-order valence-electron chi connectivity index (χ3n) is 5.36. The Hall–Kier alpha value is -3.47. The molecule has 0 aliphatic carbocycles. The maximum absolute atomic E-state index is 12.4. The molecule has 35 heavy (non-hydrogen) atoms. The number of nitrogens with one attached hydrogen (secondary N) is 1. The summed E-state index contributed by atoms with van der Waals surface area (Å²) in [6.07, 6.45) is 2.05. The number of benzene rings is 2. The van der Waals surface area contributed by atoms with Gasteiger partial charge in [0.25, 0.3) is 6.20 Å². The van der Waals surface area contributed by atoms with E-state index in [4.69, 9.17) is 25.6 Å². The highest BCUT2D eigenvalue weighted by Gasteiger charge is 2.27. The molecule has 2 aromatic carbocycles. The molecule has 0 amide bonds. The van der Waals surface area contributed by atoms with E-state index >= 15 is 0 Å². The van der Waals surface area contributed by atoms with E-state index in [-0.39, 0.29) is 31.0 Å². The van der Waals surface area contributed by atoms with Gasteiger partial charge in [-0.1, -0.05) is 41.9 Å². The monoisotopic (exact) mass is 499 g/mol. The van der Waals surface area contributed by atoms with Crippen molar-refractivity contribution in [2.24, 2.45) is 4.99 Å². The van der Waals surface area contributed by atoms with Crippen LogP contribution in [0.1, 0.15) is 11.6 Å². The summed E-state index contributed by atoms with van der Waals surface area (Å²) in [6, 6.07) is 15.4. The van der Waals surface area contributed by atoms with Gasteiger partial charge in [-0.05, 0) is 34.5 Å². The number of halogens is 1. The molecule has 11 heteroatoms. The molecule has 1 aliphatic heterocycles. The standard InChI is InChI=1S/C24H26ClN5O5/c25-19-6-8-20(9-7-19)26-24(32)27-22-15-30(28-35-22)21(14-18-4-2-1-3-5-18)17-34-23(31)16-29-10-12-33-13-11-29/h1-9,15,21H,10-14,16-17H2,(H-,26,27,28,32). The van der Waals surface area contributed by atoms with Gasteiger partial charge in [-0.15, -0.1) is 0 Å². The first kappa shape index (κ1) is 24.6. The zero-order chi connectivity index (χ0) is 24.5. The normalized spacial score (nSPS) is 15.5. The lowest BCUT2D eigenvalue weighted by atomic mass is 10.1. The van der Waals surface area contributed by atoms with Crippen LogP contribution in [0.4, 0.5) is 11.6 Å². The maximum Gasteiger partial charge on any atom is 0.322 e. The zero-order valence-corrected chi connectivity index (χ0v) is 19.8. The van der Waals surface area contributed by atoms with Gasteiger partial charge in [0.05, 0.1) is 25.8 Å². The highest BCUT2D eigenvalue weighted by Crippen LogP contribution is 2.15. The number of aliphatic imine (C=N–C) groups is 1. The van der Waals surface area contributed by atoms with Gasteiger partial charge < -0.3 is 19.9 Å². The van der Waals surface area contributed by atoms with E-state index < -0.39 is 6.02 Å². The average Bonchev–Trinajstić information content (AvgIpc) is 3.32. The molecule has 1 unspecified atom stereocenters. The van der Waals surface area contributed by atoms with E-state index in [2.05, 4.69) is 15.6 Å². The predicted molar refractivity (Wildman–Crippen MR) is 126 cm³/mol. The minimum Gasteiger partial charge on any atom is -0.846 e. The van der Waals surface area contributed by atoms with Gasteiger partial charge in [-0.3, -0.25) is 14.2 Å². The molecule has 2 heterocycles. The van der Waals surface area contributed by atoms with Crippen LogP contribution in [0.25, 0.3) is 0 Å². The number of hydrogen-bond donors (Lipinski definition) is 1. The van der Waals surface area contributed by atoms with Crippen LogP contribution >= 0.6 is 11.6 Å². The molecule has 10 nitrogen and oxygen atoms in total. The largest absolute Gasteiger partial charge is 0.846 e. The fourth-order valence-electron chi connectivity index (χ4n) is 3.55. The number of amidine groups is 1. The van der Waals surface area contributed by atoms with Gasteiger partial charge >= 0.3 is 11.9 Å². The van der Waals surface area contributed by atoms with Gasteiger partial charge in [-0.25, -0.2) is 4.99 Å². The van der Waals surface area contributed by atoms with E-state index in [0.29, 0.717) is 43.4 Å². The van der Waals surface area contributed by atoms with E-state index in [0.717, 1.165) is 5.56 Å². The number of morpholine rings is 1. The second-order valence-electron chi connectivity index (χ2n) is 7.98. The van der Waals surface area contributed by atoms with E-state index in [1.54, 1.807) is 24.3 Å². The van der Waals surface area contributed by atoms with E-state index in [1.165, 1.54) is 10.9 Å². The van der Waals surface area contributed by atoms with Crippen LogP contribution in [-0.4, -0.2) is 61.6 Å². The van der Waals surface area contributed by atoms with Crippen molar-refractivity contribution >= 4 is 35.2 Å². The first-order valence-electron chi connectivity index (χ1n) is 11.2. The molecule has 1 saturated heterocycles. The Bertz CT molecular complexity index is 1120. The molecular weight excluding hydrogens is 474 g/mol. The lowest BCUT2D eigenvalue weighted by Gasteiger charge is -2.25. The van der Waals surface area contributed by atoms with Gasteiger partial charge in [-0.2, -0.15) is 0 Å². The van der Waals surface area contributed by atoms with Gasteiger partial charge in [0, 0.05) is 30.2 Å². The summed E-state index contributed by atoms with van der Waals surface area (Å²) in [4.78, 5) is 18.3. The van der Waals surface area contributed by atoms with E-state index in [9.17, 15) is 9.90 Å². The maximum atomic E-state index is 12.4. The summed E-state index contributed by atoms with van der Waals surface area (Å²) in [5.74, 6) is -0.296. The van der Waals surface area contributed by atoms with Crippen LogP contribution < -0.4 is 15.1 Å². The van der Waals surface area contributed by atoms with Crippen LogP contribution in [-0.2, 0) is 20.7 Å². The third kappa shape index (κ3) is 7.78. The molecule has 184 valence electrons. The molecule has 3 aromatic rings. The fraction of sp³-hybridized carbons (Fsp3) is 0.333. The molecule has 0 bridgehead atoms. The summed E-state index contributed by atoms with van der Waals surface area (Å²) in [5, 5.41) is 19.5. The summed E-state index contributed by atoms with van der Waals surface area (Å²) >= 11 is 5.86. The molecule has 0 spiro atoms. The molecular formula is C24H26ClN5O5. The van der Waals surface area contributed by atoms with Crippen molar-refractivity contribution in [3.05, 3.63) is 71.4 Å². The summed E-state index contributed by atoms with van der Waals surface area (Å²) in [7, 11) is 0. The number of ether oxygens (including phenoxy) is 2. The molecule has 1 atom stereocenters. The lowest BCUT2D eigenvalue weighted by Crippen LogP contribution is -2.45. The Kier molecular flexibility index (Phi) is 8.66. The minimum absolute atomic E-state index is 0.0224. The molecule has 1 N–H and O–H groups in total. The van der Waals surface area contributed by atoms with Crippen molar-refractivity contribution in [3.8, 4) is 0 Å². The average molecular weight is 500 g/mol. The van der Waals surface area contributed by atoms with Gasteiger partial charge in [0.1, 0.15) is 0 Å². The van der Waals surface area contributed by atoms with Crippen LogP contribution in [0.2, 0.25) is 5.02 Å². The van der Waals surface area contributed by atoms with Gasteiger partial charge in [0.15, 0.2) is 6.61 Å².